The Balaban J connectivity index is 2.24. The lowest BCUT2D eigenvalue weighted by Gasteiger charge is -2.11. The molecule has 84 valence electrons. The van der Waals surface area contributed by atoms with Gasteiger partial charge >= 0.3 is 0 Å². The highest BCUT2D eigenvalue weighted by molar-refractivity contribution is 6.02. The van der Waals surface area contributed by atoms with Crippen LogP contribution in [0.15, 0.2) is 42.5 Å². The van der Waals surface area contributed by atoms with Crippen LogP contribution in [0.4, 0.5) is 5.69 Å². The first-order valence-electron chi connectivity index (χ1n) is 5.73. The number of carbonyl (C=O) groups is 1. The van der Waals surface area contributed by atoms with Gasteiger partial charge in [-0.2, -0.15) is 0 Å². The number of benzene rings is 2. The van der Waals surface area contributed by atoms with E-state index >= 15 is 0 Å². The average Bonchev–Trinajstić information content (AvgIpc) is 2.70. The molecule has 0 fully saturated rings. The van der Waals surface area contributed by atoms with Gasteiger partial charge in [0.25, 0.3) is 0 Å². The van der Waals surface area contributed by atoms with E-state index in [1.807, 2.05) is 24.3 Å². The predicted molar refractivity (Wildman–Crippen MR) is 68.9 cm³/mol. The van der Waals surface area contributed by atoms with E-state index in [9.17, 15) is 4.79 Å². The van der Waals surface area contributed by atoms with Gasteiger partial charge in [0.2, 0.25) is 5.91 Å². The Hall–Kier alpha value is -2.09. The van der Waals surface area contributed by atoms with Crippen molar-refractivity contribution in [1.29, 1.82) is 0 Å². The number of amides is 1. The Morgan fingerprint density at radius 3 is 2.59 bits per heavy atom. The largest absolute Gasteiger partial charge is 0.326 e. The van der Waals surface area contributed by atoms with Crippen molar-refractivity contribution in [2.75, 3.05) is 5.32 Å². The Morgan fingerprint density at radius 1 is 1.06 bits per heavy atom. The van der Waals surface area contributed by atoms with Crippen molar-refractivity contribution in [3.63, 3.8) is 0 Å². The van der Waals surface area contributed by atoms with E-state index in [0.29, 0.717) is 6.42 Å². The second-order valence-electron chi connectivity index (χ2n) is 4.37. The van der Waals surface area contributed by atoms with E-state index in [1.54, 1.807) is 0 Å². The van der Waals surface area contributed by atoms with Crippen LogP contribution in [0.3, 0.4) is 0 Å². The second-order valence-corrected chi connectivity index (χ2v) is 4.37. The van der Waals surface area contributed by atoms with Gasteiger partial charge in [-0.15, -0.1) is 0 Å². The number of carbonyl (C=O) groups excluding carboxylic acids is 1. The normalized spacial score (nSPS) is 13.4. The molecule has 0 aliphatic carbocycles. The highest BCUT2D eigenvalue weighted by Gasteiger charge is 2.22. The fourth-order valence-corrected chi connectivity index (χ4v) is 2.43. The fourth-order valence-electron chi connectivity index (χ4n) is 2.43. The molecular weight excluding hydrogens is 210 g/mol. The van der Waals surface area contributed by atoms with Crippen LogP contribution in [0.2, 0.25) is 0 Å². The summed E-state index contributed by atoms with van der Waals surface area (Å²) in [7, 11) is 0. The Labute approximate surface area is 100 Å². The Bertz CT molecular complexity index is 587. The Kier molecular flexibility index (Phi) is 2.22. The summed E-state index contributed by atoms with van der Waals surface area (Å²) >= 11 is 0. The fraction of sp³-hybridized carbons (Fsp3) is 0.133. The molecule has 0 saturated heterocycles. The van der Waals surface area contributed by atoms with Crippen molar-refractivity contribution in [2.24, 2.45) is 0 Å². The first-order chi connectivity index (χ1) is 8.25. The summed E-state index contributed by atoms with van der Waals surface area (Å²) in [6.07, 6.45) is 0.487. The molecule has 0 radical (unpaired) electrons. The van der Waals surface area contributed by atoms with Crippen LogP contribution in [-0.2, 0) is 11.2 Å². The zero-order chi connectivity index (χ0) is 11.8. The number of aryl methyl sites for hydroxylation is 1. The standard InChI is InChI=1S/C15H13NO/c1-10-7-8-13-12(9-14(17)16-13)15(10)11-5-3-2-4-6-11/h2-8H,9H2,1H3,(H,16,17). The third-order valence-corrected chi connectivity index (χ3v) is 3.20. The van der Waals surface area contributed by atoms with Crippen molar-refractivity contribution in [1.82, 2.24) is 0 Å². The van der Waals surface area contributed by atoms with Gasteiger partial charge in [-0.3, -0.25) is 4.79 Å². The Morgan fingerprint density at radius 2 is 1.82 bits per heavy atom. The molecule has 2 aromatic rings. The van der Waals surface area contributed by atoms with Crippen LogP contribution < -0.4 is 5.32 Å². The summed E-state index contributed by atoms with van der Waals surface area (Å²) < 4.78 is 0. The number of fused-ring (bicyclic) bond motifs is 1. The van der Waals surface area contributed by atoms with Gasteiger partial charge in [0.15, 0.2) is 0 Å². The summed E-state index contributed by atoms with van der Waals surface area (Å²) in [5.74, 6) is 0.0859. The van der Waals surface area contributed by atoms with Crippen molar-refractivity contribution >= 4 is 11.6 Å². The highest BCUT2D eigenvalue weighted by Crippen LogP contribution is 2.35. The lowest BCUT2D eigenvalue weighted by Crippen LogP contribution is -2.03. The van der Waals surface area contributed by atoms with Gasteiger partial charge in [-0.05, 0) is 35.2 Å². The topological polar surface area (TPSA) is 29.1 Å². The minimum absolute atomic E-state index is 0.0859. The van der Waals surface area contributed by atoms with Crippen molar-refractivity contribution in [3.05, 3.63) is 53.6 Å². The molecule has 1 N–H and O–H groups in total. The van der Waals surface area contributed by atoms with E-state index in [0.717, 1.165) is 11.3 Å². The maximum Gasteiger partial charge on any atom is 0.228 e. The molecule has 0 unspecified atom stereocenters. The third-order valence-electron chi connectivity index (χ3n) is 3.20. The molecule has 1 amide bonds. The zero-order valence-electron chi connectivity index (χ0n) is 9.66. The van der Waals surface area contributed by atoms with Crippen LogP contribution in [0.5, 0.6) is 0 Å². The minimum atomic E-state index is 0.0859. The summed E-state index contributed by atoms with van der Waals surface area (Å²) in [6.45, 7) is 2.09. The van der Waals surface area contributed by atoms with Crippen molar-refractivity contribution in [3.8, 4) is 11.1 Å². The number of hydrogen-bond donors (Lipinski definition) is 1. The molecule has 1 aliphatic rings. The van der Waals surface area contributed by atoms with E-state index in [4.69, 9.17) is 0 Å². The van der Waals surface area contributed by atoms with Gasteiger partial charge in [-0.1, -0.05) is 36.4 Å². The van der Waals surface area contributed by atoms with Crippen LogP contribution in [0.25, 0.3) is 11.1 Å². The summed E-state index contributed by atoms with van der Waals surface area (Å²) in [5, 5.41) is 2.90. The molecule has 1 aliphatic heterocycles. The second kappa shape index (κ2) is 3.74. The molecule has 2 nitrogen and oxygen atoms in total. The average molecular weight is 223 g/mol. The quantitative estimate of drug-likeness (QED) is 0.790. The molecule has 2 heteroatoms. The number of hydrogen-bond acceptors (Lipinski definition) is 1. The van der Waals surface area contributed by atoms with Crippen LogP contribution in [0, 0.1) is 6.92 Å². The van der Waals surface area contributed by atoms with Gasteiger partial charge < -0.3 is 5.32 Å². The SMILES string of the molecule is Cc1ccc2c(c1-c1ccccc1)CC(=O)N2. The molecule has 0 atom stereocenters. The molecule has 1 heterocycles. The summed E-state index contributed by atoms with van der Waals surface area (Å²) in [4.78, 5) is 11.5. The molecule has 2 aromatic carbocycles. The van der Waals surface area contributed by atoms with E-state index in [-0.39, 0.29) is 5.91 Å². The first-order valence-corrected chi connectivity index (χ1v) is 5.73. The molecule has 0 aromatic heterocycles. The van der Waals surface area contributed by atoms with Gasteiger partial charge in [-0.25, -0.2) is 0 Å². The first kappa shape index (κ1) is 10.1. The molecule has 0 bridgehead atoms. The van der Waals surface area contributed by atoms with Gasteiger partial charge in [0.1, 0.15) is 0 Å². The van der Waals surface area contributed by atoms with E-state index in [2.05, 4.69) is 30.4 Å². The number of anilines is 1. The predicted octanol–water partition coefficient (Wildman–Crippen LogP) is 3.16. The molecular formula is C15H13NO. The van der Waals surface area contributed by atoms with Gasteiger partial charge in [0, 0.05) is 5.69 Å². The lowest BCUT2D eigenvalue weighted by molar-refractivity contribution is -0.115. The monoisotopic (exact) mass is 223 g/mol. The van der Waals surface area contributed by atoms with E-state index in [1.165, 1.54) is 16.7 Å². The molecule has 3 rings (SSSR count). The number of nitrogens with one attached hydrogen (secondary N) is 1. The van der Waals surface area contributed by atoms with Crippen LogP contribution in [0.1, 0.15) is 11.1 Å². The van der Waals surface area contributed by atoms with E-state index < -0.39 is 0 Å². The van der Waals surface area contributed by atoms with Crippen LogP contribution in [-0.4, -0.2) is 5.91 Å². The van der Waals surface area contributed by atoms with Gasteiger partial charge in [0.05, 0.1) is 6.42 Å². The summed E-state index contributed by atoms with van der Waals surface area (Å²) in [6, 6.07) is 14.3. The maximum absolute atomic E-state index is 11.5. The van der Waals surface area contributed by atoms with Crippen LogP contribution >= 0.6 is 0 Å². The maximum atomic E-state index is 11.5. The minimum Gasteiger partial charge on any atom is -0.326 e. The molecule has 17 heavy (non-hydrogen) atoms. The zero-order valence-corrected chi connectivity index (χ0v) is 9.66. The summed E-state index contributed by atoms with van der Waals surface area (Å²) in [5.41, 5.74) is 5.67. The molecule has 0 spiro atoms. The van der Waals surface area contributed by atoms with Crippen molar-refractivity contribution < 1.29 is 4.79 Å². The molecule has 0 saturated carbocycles. The number of rotatable bonds is 1. The highest BCUT2D eigenvalue weighted by atomic mass is 16.1. The lowest BCUT2D eigenvalue weighted by atomic mass is 9.93. The smallest absolute Gasteiger partial charge is 0.228 e. The van der Waals surface area contributed by atoms with Crippen molar-refractivity contribution in [2.45, 2.75) is 13.3 Å². The third kappa shape index (κ3) is 1.62.